The maximum atomic E-state index is 12.7. The van der Waals surface area contributed by atoms with Gasteiger partial charge >= 0.3 is 0 Å². The first kappa shape index (κ1) is 15.3. The summed E-state index contributed by atoms with van der Waals surface area (Å²) in [7, 11) is 0. The summed E-state index contributed by atoms with van der Waals surface area (Å²) in [5.74, 6) is 0.370. The van der Waals surface area contributed by atoms with Gasteiger partial charge < -0.3 is 4.74 Å². The molecule has 1 aliphatic carbocycles. The van der Waals surface area contributed by atoms with Crippen molar-refractivity contribution in [3.05, 3.63) is 101 Å². The number of benzene rings is 3. The lowest BCUT2D eigenvalue weighted by Gasteiger charge is -2.18. The molecule has 4 rings (SSSR count). The summed E-state index contributed by atoms with van der Waals surface area (Å²) < 4.78 is 5.78. The Bertz CT molecular complexity index is 958. The highest BCUT2D eigenvalue weighted by Crippen LogP contribution is 2.29. The van der Waals surface area contributed by atoms with Gasteiger partial charge in [0.1, 0.15) is 5.75 Å². The SMILES string of the molecule is O=C1c2ccccc2C(=O)c2cc(OCCc3ccccc3)ccc21. The van der Waals surface area contributed by atoms with E-state index in [0.29, 0.717) is 34.6 Å². The van der Waals surface area contributed by atoms with Gasteiger partial charge in [0.25, 0.3) is 0 Å². The third kappa shape index (κ3) is 2.85. The minimum Gasteiger partial charge on any atom is -0.493 e. The van der Waals surface area contributed by atoms with Gasteiger partial charge in [0, 0.05) is 28.7 Å². The van der Waals surface area contributed by atoms with Gasteiger partial charge in [-0.2, -0.15) is 0 Å². The van der Waals surface area contributed by atoms with Gasteiger partial charge in [-0.15, -0.1) is 0 Å². The average molecular weight is 328 g/mol. The number of carbonyl (C=O) groups is 2. The third-order valence-corrected chi connectivity index (χ3v) is 4.40. The summed E-state index contributed by atoms with van der Waals surface area (Å²) >= 11 is 0. The van der Waals surface area contributed by atoms with E-state index in [4.69, 9.17) is 4.74 Å². The number of hydrogen-bond acceptors (Lipinski definition) is 3. The van der Waals surface area contributed by atoms with Crippen molar-refractivity contribution in [1.82, 2.24) is 0 Å². The maximum absolute atomic E-state index is 12.7. The van der Waals surface area contributed by atoms with Gasteiger partial charge in [-0.25, -0.2) is 0 Å². The Balaban J connectivity index is 1.56. The molecule has 0 N–H and O–H groups in total. The first-order chi connectivity index (χ1) is 12.2. The van der Waals surface area contributed by atoms with Crippen molar-refractivity contribution in [2.75, 3.05) is 6.61 Å². The van der Waals surface area contributed by atoms with Crippen LogP contribution in [-0.2, 0) is 6.42 Å². The van der Waals surface area contributed by atoms with Crippen LogP contribution >= 0.6 is 0 Å². The molecule has 0 amide bonds. The fourth-order valence-corrected chi connectivity index (χ4v) is 3.10. The number of hydrogen-bond donors (Lipinski definition) is 0. The van der Waals surface area contributed by atoms with E-state index >= 15 is 0 Å². The van der Waals surface area contributed by atoms with E-state index in [1.807, 2.05) is 18.2 Å². The Morgan fingerprint density at radius 2 is 1.24 bits per heavy atom. The van der Waals surface area contributed by atoms with Crippen molar-refractivity contribution < 1.29 is 14.3 Å². The Labute approximate surface area is 145 Å². The quantitative estimate of drug-likeness (QED) is 0.567. The Morgan fingerprint density at radius 1 is 0.640 bits per heavy atom. The zero-order valence-corrected chi connectivity index (χ0v) is 13.6. The molecule has 0 saturated heterocycles. The molecule has 1 aliphatic rings. The van der Waals surface area contributed by atoms with Crippen LogP contribution in [0.2, 0.25) is 0 Å². The monoisotopic (exact) mass is 328 g/mol. The van der Waals surface area contributed by atoms with E-state index in [-0.39, 0.29) is 11.6 Å². The first-order valence-electron chi connectivity index (χ1n) is 8.23. The molecule has 0 heterocycles. The minimum atomic E-state index is -0.126. The highest BCUT2D eigenvalue weighted by atomic mass is 16.5. The number of carbonyl (C=O) groups excluding carboxylic acids is 2. The fourth-order valence-electron chi connectivity index (χ4n) is 3.10. The van der Waals surface area contributed by atoms with Crippen LogP contribution < -0.4 is 4.74 Å². The molecule has 122 valence electrons. The van der Waals surface area contributed by atoms with Gasteiger partial charge in [0.05, 0.1) is 6.61 Å². The molecule has 0 aromatic heterocycles. The van der Waals surface area contributed by atoms with Gasteiger partial charge in [-0.05, 0) is 23.8 Å². The molecular formula is C22H16O3. The predicted octanol–water partition coefficient (Wildman–Crippen LogP) is 4.08. The van der Waals surface area contributed by atoms with Crippen molar-refractivity contribution in [3.63, 3.8) is 0 Å². The van der Waals surface area contributed by atoms with Crippen LogP contribution in [0.15, 0.2) is 72.8 Å². The molecule has 3 heteroatoms. The molecule has 3 aromatic rings. The standard InChI is InChI=1S/C22H16O3/c23-21-17-8-4-5-9-18(17)22(24)20-14-16(10-11-19(20)21)25-13-12-15-6-2-1-3-7-15/h1-11,14H,12-13H2. The summed E-state index contributed by atoms with van der Waals surface area (Å²) in [4.78, 5) is 25.3. The van der Waals surface area contributed by atoms with E-state index in [0.717, 1.165) is 6.42 Å². The second-order valence-corrected chi connectivity index (χ2v) is 6.00. The maximum Gasteiger partial charge on any atom is 0.194 e. The molecule has 0 aliphatic heterocycles. The first-order valence-corrected chi connectivity index (χ1v) is 8.23. The normalized spacial score (nSPS) is 12.5. The number of ether oxygens (including phenoxy) is 1. The van der Waals surface area contributed by atoms with E-state index in [2.05, 4.69) is 12.1 Å². The van der Waals surface area contributed by atoms with Crippen molar-refractivity contribution >= 4 is 11.6 Å². The second-order valence-electron chi connectivity index (χ2n) is 6.00. The third-order valence-electron chi connectivity index (χ3n) is 4.40. The van der Waals surface area contributed by atoms with Crippen molar-refractivity contribution in [2.24, 2.45) is 0 Å². The largest absolute Gasteiger partial charge is 0.493 e. The fraction of sp³-hybridized carbons (Fsp3) is 0.0909. The molecule has 3 aromatic carbocycles. The molecule has 0 fully saturated rings. The molecule has 0 saturated carbocycles. The van der Waals surface area contributed by atoms with Crippen molar-refractivity contribution in [2.45, 2.75) is 6.42 Å². The molecule has 3 nitrogen and oxygen atoms in total. The van der Waals surface area contributed by atoms with Crippen LogP contribution in [0.1, 0.15) is 37.4 Å². The van der Waals surface area contributed by atoms with Gasteiger partial charge in [0.15, 0.2) is 11.6 Å². The Morgan fingerprint density at radius 3 is 1.96 bits per heavy atom. The van der Waals surface area contributed by atoms with E-state index in [9.17, 15) is 9.59 Å². The Kier molecular flexibility index (Phi) is 3.90. The van der Waals surface area contributed by atoms with Crippen LogP contribution in [0.3, 0.4) is 0 Å². The molecular weight excluding hydrogens is 312 g/mol. The van der Waals surface area contributed by atoms with Crippen molar-refractivity contribution in [3.8, 4) is 5.75 Å². The molecule has 0 bridgehead atoms. The van der Waals surface area contributed by atoms with Crippen LogP contribution in [0.25, 0.3) is 0 Å². The van der Waals surface area contributed by atoms with Gasteiger partial charge in [0.2, 0.25) is 0 Å². The topological polar surface area (TPSA) is 43.4 Å². The van der Waals surface area contributed by atoms with Crippen molar-refractivity contribution in [1.29, 1.82) is 0 Å². The summed E-state index contributed by atoms with van der Waals surface area (Å²) in [6.45, 7) is 0.515. The van der Waals surface area contributed by atoms with Gasteiger partial charge in [-0.1, -0.05) is 54.6 Å². The lowest BCUT2D eigenvalue weighted by Crippen LogP contribution is -2.20. The summed E-state index contributed by atoms with van der Waals surface area (Å²) in [5, 5.41) is 0. The van der Waals surface area contributed by atoms with E-state index in [1.54, 1.807) is 42.5 Å². The Hall–Kier alpha value is -3.20. The summed E-state index contributed by atoms with van der Waals surface area (Å²) in [5.41, 5.74) is 2.99. The lowest BCUT2D eigenvalue weighted by molar-refractivity contribution is 0.0978. The molecule has 0 unspecified atom stereocenters. The number of ketones is 2. The minimum absolute atomic E-state index is 0.110. The summed E-state index contributed by atoms with van der Waals surface area (Å²) in [6, 6.07) is 22.1. The molecule has 0 atom stereocenters. The lowest BCUT2D eigenvalue weighted by atomic mass is 9.84. The number of fused-ring (bicyclic) bond motifs is 2. The van der Waals surface area contributed by atoms with Crippen LogP contribution in [0, 0.1) is 0 Å². The van der Waals surface area contributed by atoms with E-state index in [1.165, 1.54) is 5.56 Å². The second kappa shape index (κ2) is 6.36. The average Bonchev–Trinajstić information content (AvgIpc) is 2.67. The van der Waals surface area contributed by atoms with Crippen LogP contribution in [0.4, 0.5) is 0 Å². The van der Waals surface area contributed by atoms with Gasteiger partial charge in [-0.3, -0.25) is 9.59 Å². The highest BCUT2D eigenvalue weighted by Gasteiger charge is 2.29. The summed E-state index contributed by atoms with van der Waals surface area (Å²) in [6.07, 6.45) is 0.785. The smallest absolute Gasteiger partial charge is 0.194 e. The number of rotatable bonds is 4. The molecule has 25 heavy (non-hydrogen) atoms. The molecule has 0 spiro atoms. The van der Waals surface area contributed by atoms with Crippen LogP contribution in [-0.4, -0.2) is 18.2 Å². The zero-order chi connectivity index (χ0) is 17.2. The highest BCUT2D eigenvalue weighted by molar-refractivity contribution is 6.28. The zero-order valence-electron chi connectivity index (χ0n) is 13.6. The van der Waals surface area contributed by atoms with Crippen LogP contribution in [0.5, 0.6) is 5.75 Å². The molecule has 0 radical (unpaired) electrons. The predicted molar refractivity (Wildman–Crippen MR) is 95.4 cm³/mol. The van der Waals surface area contributed by atoms with E-state index < -0.39 is 0 Å².